The quantitative estimate of drug-likeness (QED) is 0.256. The third-order valence-electron chi connectivity index (χ3n) is 6.28. The Morgan fingerprint density at radius 2 is 1.03 bits per heavy atom. The predicted octanol–water partition coefficient (Wildman–Crippen LogP) is 9.98. The lowest BCUT2D eigenvalue weighted by Gasteiger charge is -2.22. The van der Waals surface area contributed by atoms with Crippen molar-refractivity contribution in [3.63, 3.8) is 0 Å². The zero-order chi connectivity index (χ0) is 23.7. The van der Waals surface area contributed by atoms with Gasteiger partial charge in [-0.1, -0.05) is 109 Å². The van der Waals surface area contributed by atoms with Crippen molar-refractivity contribution in [3.05, 3.63) is 119 Å². The highest BCUT2D eigenvalue weighted by atomic mass is 79.9. The molecule has 0 heterocycles. The van der Waals surface area contributed by atoms with E-state index in [4.69, 9.17) is 0 Å². The van der Waals surface area contributed by atoms with Crippen molar-refractivity contribution in [2.75, 3.05) is 5.32 Å². The van der Waals surface area contributed by atoms with Gasteiger partial charge in [-0.2, -0.15) is 0 Å². The summed E-state index contributed by atoms with van der Waals surface area (Å²) < 4.78 is 1.08. The Morgan fingerprint density at radius 1 is 0.529 bits per heavy atom. The fraction of sp³-hybridized carbons (Fsp3) is 0.125. The molecule has 0 unspecified atom stereocenters. The average Bonchev–Trinajstić information content (AvgIpc) is 2.85. The van der Waals surface area contributed by atoms with E-state index in [1.807, 2.05) is 12.1 Å². The van der Waals surface area contributed by atoms with Crippen molar-refractivity contribution >= 4 is 38.1 Å². The fourth-order valence-corrected chi connectivity index (χ4v) is 4.77. The summed E-state index contributed by atoms with van der Waals surface area (Å²) in [5.41, 5.74) is 8.60. The second kappa shape index (κ2) is 9.12. The summed E-state index contributed by atoms with van der Waals surface area (Å²) in [5.74, 6) is 0. The number of nitrogens with one attached hydrogen (secondary N) is 1. The van der Waals surface area contributed by atoms with Crippen molar-refractivity contribution in [3.8, 4) is 22.3 Å². The van der Waals surface area contributed by atoms with E-state index in [1.165, 1.54) is 38.6 Å². The van der Waals surface area contributed by atoms with Gasteiger partial charge in [-0.25, -0.2) is 0 Å². The molecule has 0 spiro atoms. The van der Waals surface area contributed by atoms with Crippen LogP contribution in [0, 0.1) is 0 Å². The largest absolute Gasteiger partial charge is 0.356 e. The average molecular weight is 506 g/mol. The molecule has 2 heteroatoms. The molecule has 0 aliphatic rings. The number of hydrogen-bond donors (Lipinski definition) is 1. The Bertz CT molecular complexity index is 1420. The molecule has 0 aromatic heterocycles. The molecule has 0 amide bonds. The molecule has 0 fully saturated rings. The minimum atomic E-state index is 0.111. The molecule has 0 saturated heterocycles. The Morgan fingerprint density at radius 3 is 1.65 bits per heavy atom. The van der Waals surface area contributed by atoms with Gasteiger partial charge in [0.1, 0.15) is 0 Å². The van der Waals surface area contributed by atoms with E-state index in [9.17, 15) is 0 Å². The Kier molecular flexibility index (Phi) is 6.02. The minimum absolute atomic E-state index is 0.111. The smallest absolute Gasteiger partial charge is 0.0384 e. The van der Waals surface area contributed by atoms with Gasteiger partial charge in [-0.3, -0.25) is 0 Å². The van der Waals surface area contributed by atoms with Crippen LogP contribution in [0.25, 0.3) is 33.0 Å². The first-order chi connectivity index (χ1) is 16.4. The minimum Gasteiger partial charge on any atom is -0.356 e. The van der Waals surface area contributed by atoms with Crippen LogP contribution in [0.2, 0.25) is 0 Å². The van der Waals surface area contributed by atoms with Crippen LogP contribution >= 0.6 is 15.9 Å². The van der Waals surface area contributed by atoms with Crippen LogP contribution in [0.4, 0.5) is 11.4 Å². The predicted molar refractivity (Wildman–Crippen MR) is 151 cm³/mol. The fourth-order valence-electron chi connectivity index (χ4n) is 4.50. The topological polar surface area (TPSA) is 12.0 Å². The number of hydrogen-bond acceptors (Lipinski definition) is 1. The molecular weight excluding hydrogens is 478 g/mol. The van der Waals surface area contributed by atoms with Crippen LogP contribution in [0.3, 0.4) is 0 Å². The van der Waals surface area contributed by atoms with Crippen LogP contribution in [0.5, 0.6) is 0 Å². The molecule has 0 saturated carbocycles. The summed E-state index contributed by atoms with van der Waals surface area (Å²) in [6.45, 7) is 6.84. The van der Waals surface area contributed by atoms with Crippen molar-refractivity contribution in [2.24, 2.45) is 0 Å². The molecule has 5 aromatic carbocycles. The molecule has 1 nitrogen and oxygen atoms in total. The van der Waals surface area contributed by atoms with E-state index in [0.717, 1.165) is 15.8 Å². The van der Waals surface area contributed by atoms with Gasteiger partial charge < -0.3 is 5.32 Å². The van der Waals surface area contributed by atoms with Gasteiger partial charge in [0.25, 0.3) is 0 Å². The van der Waals surface area contributed by atoms with Crippen LogP contribution in [0.1, 0.15) is 26.3 Å². The summed E-state index contributed by atoms with van der Waals surface area (Å²) >= 11 is 3.48. The summed E-state index contributed by atoms with van der Waals surface area (Å²) in [5, 5.41) is 6.10. The molecule has 34 heavy (non-hydrogen) atoms. The van der Waals surface area contributed by atoms with Gasteiger partial charge in [0.15, 0.2) is 0 Å². The Labute approximate surface area is 210 Å². The van der Waals surface area contributed by atoms with Gasteiger partial charge in [-0.15, -0.1) is 0 Å². The number of halogens is 1. The lowest BCUT2D eigenvalue weighted by Crippen LogP contribution is -2.11. The van der Waals surface area contributed by atoms with Crippen molar-refractivity contribution < 1.29 is 0 Å². The number of benzene rings is 5. The van der Waals surface area contributed by atoms with Gasteiger partial charge in [0.05, 0.1) is 0 Å². The molecule has 168 valence electrons. The molecule has 0 aliphatic carbocycles. The van der Waals surface area contributed by atoms with E-state index in [-0.39, 0.29) is 5.41 Å². The van der Waals surface area contributed by atoms with E-state index in [1.54, 1.807) is 0 Å². The zero-order valence-electron chi connectivity index (χ0n) is 19.8. The van der Waals surface area contributed by atoms with Gasteiger partial charge in [0, 0.05) is 15.8 Å². The van der Waals surface area contributed by atoms with Crippen molar-refractivity contribution in [1.82, 2.24) is 0 Å². The molecule has 0 atom stereocenters. The highest BCUT2D eigenvalue weighted by Gasteiger charge is 2.17. The highest BCUT2D eigenvalue weighted by molar-refractivity contribution is 9.10. The lowest BCUT2D eigenvalue weighted by molar-refractivity contribution is 0.596. The second-order valence-electron chi connectivity index (χ2n) is 9.74. The third-order valence-corrected chi connectivity index (χ3v) is 6.81. The second-order valence-corrected chi connectivity index (χ2v) is 10.7. The third kappa shape index (κ3) is 4.64. The van der Waals surface area contributed by atoms with Gasteiger partial charge in [0.2, 0.25) is 0 Å². The maximum Gasteiger partial charge on any atom is 0.0384 e. The van der Waals surface area contributed by atoms with Crippen molar-refractivity contribution in [2.45, 2.75) is 26.2 Å². The monoisotopic (exact) mass is 505 g/mol. The molecule has 0 bridgehead atoms. The first-order valence-corrected chi connectivity index (χ1v) is 12.4. The van der Waals surface area contributed by atoms with Crippen LogP contribution in [-0.4, -0.2) is 0 Å². The van der Waals surface area contributed by atoms with Gasteiger partial charge >= 0.3 is 0 Å². The maximum absolute atomic E-state index is 3.48. The number of rotatable bonds is 4. The van der Waals surface area contributed by atoms with E-state index in [0.29, 0.717) is 0 Å². The maximum atomic E-state index is 3.48. The molecule has 1 N–H and O–H groups in total. The van der Waals surface area contributed by atoms with Gasteiger partial charge in [-0.05, 0) is 80.4 Å². The zero-order valence-corrected chi connectivity index (χ0v) is 21.4. The molecular formula is C32H28BrN. The van der Waals surface area contributed by atoms with E-state index in [2.05, 4.69) is 139 Å². The molecule has 5 aromatic rings. The van der Waals surface area contributed by atoms with Crippen LogP contribution < -0.4 is 5.32 Å². The standard InChI is InChI=1S/C32H28BrN/c1-32(2,3)31-9-5-7-29-28(6-4-8-30(29)31)24-12-10-22(11-13-24)23-14-18-26(19-15-23)34-27-20-16-25(33)17-21-27/h4-21,34H,1-3H3. The van der Waals surface area contributed by atoms with Crippen LogP contribution in [-0.2, 0) is 5.41 Å². The molecule has 0 radical (unpaired) electrons. The number of anilines is 2. The van der Waals surface area contributed by atoms with E-state index >= 15 is 0 Å². The summed E-state index contributed by atoms with van der Waals surface area (Å²) in [7, 11) is 0. The Balaban J connectivity index is 1.41. The lowest BCUT2D eigenvalue weighted by atomic mass is 9.82. The highest BCUT2D eigenvalue weighted by Crippen LogP contribution is 2.36. The normalized spacial score (nSPS) is 11.5. The molecule has 0 aliphatic heterocycles. The van der Waals surface area contributed by atoms with Crippen molar-refractivity contribution in [1.29, 1.82) is 0 Å². The van der Waals surface area contributed by atoms with E-state index < -0.39 is 0 Å². The molecule has 5 rings (SSSR count). The SMILES string of the molecule is CC(C)(C)c1cccc2c(-c3ccc(-c4ccc(Nc5ccc(Br)cc5)cc4)cc3)cccc12. The first-order valence-electron chi connectivity index (χ1n) is 11.6. The summed E-state index contributed by atoms with van der Waals surface area (Å²) in [4.78, 5) is 0. The summed E-state index contributed by atoms with van der Waals surface area (Å²) in [6, 6.07) is 39.1. The first kappa shape index (κ1) is 22.4. The number of fused-ring (bicyclic) bond motifs is 1. The summed E-state index contributed by atoms with van der Waals surface area (Å²) in [6.07, 6.45) is 0. The Hall–Kier alpha value is -3.36. The van der Waals surface area contributed by atoms with Crippen LogP contribution in [0.15, 0.2) is 114 Å².